The zero-order chi connectivity index (χ0) is 15.6. The largest absolute Gasteiger partial charge is 0.350 e. The van der Waals surface area contributed by atoms with Gasteiger partial charge in [-0.3, -0.25) is 9.20 Å². The molecule has 0 aliphatic carbocycles. The van der Waals surface area contributed by atoms with Crippen LogP contribution >= 0.6 is 11.3 Å². The number of nitrogens with zero attached hydrogens (tertiary/aromatic N) is 2. The molecule has 2 heterocycles. The number of hydrogen-bond acceptors (Lipinski definition) is 3. The normalized spacial score (nSPS) is 11.7. The first kappa shape index (κ1) is 14.8. The molecule has 3 rings (SSSR count). The first-order chi connectivity index (χ1) is 10.5. The topological polar surface area (TPSA) is 46.4 Å². The monoisotopic (exact) mass is 313 g/mol. The Morgan fingerprint density at radius 1 is 1.32 bits per heavy atom. The molecule has 0 spiro atoms. The van der Waals surface area contributed by atoms with Gasteiger partial charge in [0.25, 0.3) is 0 Å². The summed E-state index contributed by atoms with van der Waals surface area (Å²) in [5, 5.41) is 4.96. The van der Waals surface area contributed by atoms with Gasteiger partial charge in [0.2, 0.25) is 5.91 Å². The van der Waals surface area contributed by atoms with Crippen LogP contribution in [0.2, 0.25) is 0 Å². The fraction of sp³-hybridized carbons (Fsp3) is 0.294. The Morgan fingerprint density at radius 2 is 2.09 bits per heavy atom. The maximum atomic E-state index is 12.2. The van der Waals surface area contributed by atoms with E-state index in [1.807, 2.05) is 40.4 Å². The van der Waals surface area contributed by atoms with Crippen molar-refractivity contribution in [2.45, 2.75) is 32.2 Å². The molecule has 0 bridgehead atoms. The number of imidazole rings is 1. The van der Waals surface area contributed by atoms with E-state index in [0.717, 1.165) is 10.7 Å². The SMILES string of the molecule is CC(C)(CC(=O)NCc1cn2ccsc2n1)c1ccccc1. The Bertz CT molecular complexity index is 745. The van der Waals surface area contributed by atoms with Crippen molar-refractivity contribution in [1.29, 1.82) is 0 Å². The van der Waals surface area contributed by atoms with Crippen LogP contribution in [0.1, 0.15) is 31.5 Å². The smallest absolute Gasteiger partial charge is 0.221 e. The number of nitrogens with one attached hydrogen (secondary N) is 1. The molecule has 0 aliphatic rings. The van der Waals surface area contributed by atoms with Gasteiger partial charge in [-0.05, 0) is 11.0 Å². The first-order valence-electron chi connectivity index (χ1n) is 7.28. The molecule has 0 aliphatic heterocycles. The van der Waals surface area contributed by atoms with Gasteiger partial charge in [-0.15, -0.1) is 11.3 Å². The molecule has 0 unspecified atom stereocenters. The van der Waals surface area contributed by atoms with E-state index in [0.29, 0.717) is 13.0 Å². The maximum Gasteiger partial charge on any atom is 0.221 e. The second-order valence-electron chi connectivity index (χ2n) is 6.03. The van der Waals surface area contributed by atoms with Crippen LogP contribution in [0.5, 0.6) is 0 Å². The van der Waals surface area contributed by atoms with Crippen molar-refractivity contribution in [2.75, 3.05) is 0 Å². The van der Waals surface area contributed by atoms with Crippen molar-refractivity contribution in [2.24, 2.45) is 0 Å². The molecule has 5 heteroatoms. The third-order valence-corrected chi connectivity index (χ3v) is 4.54. The summed E-state index contributed by atoms with van der Waals surface area (Å²) >= 11 is 1.59. The van der Waals surface area contributed by atoms with E-state index in [1.165, 1.54) is 5.56 Å². The molecule has 1 N–H and O–H groups in total. The van der Waals surface area contributed by atoms with Gasteiger partial charge in [-0.25, -0.2) is 4.98 Å². The van der Waals surface area contributed by atoms with Crippen molar-refractivity contribution in [1.82, 2.24) is 14.7 Å². The average Bonchev–Trinajstić information content (AvgIpc) is 3.06. The Labute approximate surface area is 133 Å². The predicted octanol–water partition coefficient (Wildman–Crippen LogP) is 3.38. The molecule has 2 aromatic heterocycles. The van der Waals surface area contributed by atoms with Crippen molar-refractivity contribution in [3.63, 3.8) is 0 Å². The fourth-order valence-electron chi connectivity index (χ4n) is 2.51. The molecule has 0 fully saturated rings. The van der Waals surface area contributed by atoms with Gasteiger partial charge in [0.05, 0.1) is 12.2 Å². The lowest BCUT2D eigenvalue weighted by molar-refractivity contribution is -0.122. The maximum absolute atomic E-state index is 12.2. The molecule has 4 nitrogen and oxygen atoms in total. The molecule has 0 saturated heterocycles. The number of amides is 1. The molecule has 22 heavy (non-hydrogen) atoms. The average molecular weight is 313 g/mol. The highest BCUT2D eigenvalue weighted by Crippen LogP contribution is 2.26. The van der Waals surface area contributed by atoms with E-state index in [9.17, 15) is 4.79 Å². The van der Waals surface area contributed by atoms with Gasteiger partial charge in [-0.1, -0.05) is 44.2 Å². The number of rotatable bonds is 5. The Balaban J connectivity index is 1.59. The van der Waals surface area contributed by atoms with E-state index in [1.54, 1.807) is 11.3 Å². The summed E-state index contributed by atoms with van der Waals surface area (Å²) in [5.41, 5.74) is 1.88. The second-order valence-corrected chi connectivity index (χ2v) is 6.90. The zero-order valence-electron chi connectivity index (χ0n) is 12.7. The number of thiazole rings is 1. The molecular weight excluding hydrogens is 294 g/mol. The highest BCUT2D eigenvalue weighted by molar-refractivity contribution is 7.15. The molecule has 0 atom stereocenters. The number of fused-ring (bicyclic) bond motifs is 1. The van der Waals surface area contributed by atoms with Crippen LogP contribution in [0.4, 0.5) is 0 Å². The summed E-state index contributed by atoms with van der Waals surface area (Å²) in [6.45, 7) is 4.65. The molecule has 0 radical (unpaired) electrons. The summed E-state index contributed by atoms with van der Waals surface area (Å²) < 4.78 is 1.97. The summed E-state index contributed by atoms with van der Waals surface area (Å²) in [4.78, 5) is 17.6. The van der Waals surface area contributed by atoms with Crippen LogP contribution in [0.15, 0.2) is 48.1 Å². The Kier molecular flexibility index (Phi) is 3.98. The van der Waals surface area contributed by atoms with E-state index in [4.69, 9.17) is 0 Å². The number of aromatic nitrogens is 2. The lowest BCUT2D eigenvalue weighted by Crippen LogP contribution is -2.30. The van der Waals surface area contributed by atoms with Crippen LogP contribution in [0.3, 0.4) is 0 Å². The van der Waals surface area contributed by atoms with Gasteiger partial charge in [0, 0.05) is 24.2 Å². The van der Waals surface area contributed by atoms with Gasteiger partial charge >= 0.3 is 0 Å². The van der Waals surface area contributed by atoms with Gasteiger partial charge < -0.3 is 5.32 Å². The van der Waals surface area contributed by atoms with Crippen molar-refractivity contribution in [3.05, 3.63) is 59.4 Å². The lowest BCUT2D eigenvalue weighted by Gasteiger charge is -2.24. The minimum atomic E-state index is -0.181. The molecule has 1 aromatic carbocycles. The highest BCUT2D eigenvalue weighted by Gasteiger charge is 2.23. The molecule has 3 aromatic rings. The zero-order valence-corrected chi connectivity index (χ0v) is 13.6. The quantitative estimate of drug-likeness (QED) is 0.785. The third kappa shape index (κ3) is 3.20. The molecular formula is C17H19N3OS. The Morgan fingerprint density at radius 3 is 2.82 bits per heavy atom. The number of hydrogen-bond donors (Lipinski definition) is 1. The van der Waals surface area contributed by atoms with Crippen LogP contribution in [-0.4, -0.2) is 15.3 Å². The van der Waals surface area contributed by atoms with Crippen LogP contribution in [0, 0.1) is 0 Å². The number of carbonyl (C=O) groups excluding carboxylic acids is 1. The summed E-state index contributed by atoms with van der Waals surface area (Å²) in [7, 11) is 0. The minimum absolute atomic E-state index is 0.0465. The summed E-state index contributed by atoms with van der Waals surface area (Å²) in [6, 6.07) is 10.1. The van der Waals surface area contributed by atoms with Crippen molar-refractivity contribution in [3.8, 4) is 0 Å². The van der Waals surface area contributed by atoms with Crippen LogP contribution in [-0.2, 0) is 16.8 Å². The van der Waals surface area contributed by atoms with E-state index in [2.05, 4.69) is 36.3 Å². The third-order valence-electron chi connectivity index (χ3n) is 3.77. The fourth-order valence-corrected chi connectivity index (χ4v) is 3.22. The van der Waals surface area contributed by atoms with Gasteiger partial charge in [0.15, 0.2) is 4.96 Å². The number of carbonyl (C=O) groups is 1. The Hall–Kier alpha value is -2.14. The lowest BCUT2D eigenvalue weighted by atomic mass is 9.81. The van der Waals surface area contributed by atoms with E-state index >= 15 is 0 Å². The van der Waals surface area contributed by atoms with Crippen molar-refractivity contribution < 1.29 is 4.79 Å². The predicted molar refractivity (Wildman–Crippen MR) is 89.0 cm³/mol. The van der Waals surface area contributed by atoms with Gasteiger partial charge in [-0.2, -0.15) is 0 Å². The minimum Gasteiger partial charge on any atom is -0.350 e. The van der Waals surface area contributed by atoms with E-state index in [-0.39, 0.29) is 11.3 Å². The highest BCUT2D eigenvalue weighted by atomic mass is 32.1. The molecule has 114 valence electrons. The van der Waals surface area contributed by atoms with Gasteiger partial charge in [0.1, 0.15) is 0 Å². The standard InChI is InChI=1S/C17H19N3OS/c1-17(2,13-6-4-3-5-7-13)10-15(21)18-11-14-12-20-8-9-22-16(20)19-14/h3-9,12H,10-11H2,1-2H3,(H,18,21). The number of benzene rings is 1. The summed E-state index contributed by atoms with van der Waals surface area (Å²) in [5.74, 6) is 0.0465. The van der Waals surface area contributed by atoms with Crippen LogP contribution in [0.25, 0.3) is 4.96 Å². The molecule has 1 amide bonds. The van der Waals surface area contributed by atoms with Crippen LogP contribution < -0.4 is 5.32 Å². The van der Waals surface area contributed by atoms with Crippen molar-refractivity contribution >= 4 is 22.2 Å². The molecule has 0 saturated carbocycles. The second kappa shape index (κ2) is 5.93. The first-order valence-corrected chi connectivity index (χ1v) is 8.16. The summed E-state index contributed by atoms with van der Waals surface area (Å²) in [6.07, 6.45) is 4.38. The van der Waals surface area contributed by atoms with E-state index < -0.39 is 0 Å².